The van der Waals surface area contributed by atoms with Crippen molar-refractivity contribution in [3.63, 3.8) is 0 Å². The van der Waals surface area contributed by atoms with Crippen LogP contribution >= 0.6 is 24.0 Å². The largest absolute Gasteiger partial charge is 0.496 e. The molecule has 0 saturated heterocycles. The number of ether oxygens (including phenoxy) is 1. The van der Waals surface area contributed by atoms with E-state index >= 15 is 0 Å². The Hall–Kier alpha value is -2.55. The Kier molecular flexibility index (Phi) is 10.4. The number of rotatable bonds is 9. The number of hydrogen-bond donors (Lipinski definition) is 2. The number of benzene rings is 2. The average Bonchev–Trinajstić information content (AvgIpc) is 3.29. The van der Waals surface area contributed by atoms with E-state index in [9.17, 15) is 0 Å². The quantitative estimate of drug-likeness (QED) is 0.243. The fourth-order valence-electron chi connectivity index (χ4n) is 3.37. The zero-order chi connectivity index (χ0) is 21.2. The third-order valence-electron chi connectivity index (χ3n) is 5.01. The highest BCUT2D eigenvalue weighted by Gasteiger charge is 2.11. The van der Waals surface area contributed by atoms with Crippen LogP contribution in [0.5, 0.6) is 5.75 Å². The van der Waals surface area contributed by atoms with Gasteiger partial charge in [0, 0.05) is 31.4 Å². The SMILES string of the molecule is CCNC(=NCc1ccccc1Cn1cccn1)NCC(C)c1ccccc1OC.I. The fraction of sp³-hybridized carbons (Fsp3) is 0.333. The molecule has 2 aromatic carbocycles. The van der Waals surface area contributed by atoms with Gasteiger partial charge < -0.3 is 15.4 Å². The van der Waals surface area contributed by atoms with E-state index in [1.54, 1.807) is 13.3 Å². The average molecular weight is 533 g/mol. The van der Waals surface area contributed by atoms with E-state index in [1.807, 2.05) is 35.1 Å². The summed E-state index contributed by atoms with van der Waals surface area (Å²) < 4.78 is 7.43. The molecule has 1 heterocycles. The molecule has 0 aliphatic rings. The number of aromatic nitrogens is 2. The maximum Gasteiger partial charge on any atom is 0.191 e. The van der Waals surface area contributed by atoms with Crippen LogP contribution in [0.25, 0.3) is 0 Å². The maximum absolute atomic E-state index is 5.50. The zero-order valence-electron chi connectivity index (χ0n) is 18.4. The molecule has 3 rings (SSSR count). The van der Waals surface area contributed by atoms with E-state index in [2.05, 4.69) is 59.9 Å². The summed E-state index contributed by atoms with van der Waals surface area (Å²) in [6.45, 7) is 7.19. The van der Waals surface area contributed by atoms with Crippen molar-refractivity contribution in [3.8, 4) is 5.75 Å². The van der Waals surface area contributed by atoms with Gasteiger partial charge in [-0.15, -0.1) is 24.0 Å². The molecular formula is C24H32IN5O. The van der Waals surface area contributed by atoms with E-state index in [0.29, 0.717) is 6.54 Å². The molecule has 31 heavy (non-hydrogen) atoms. The number of halogens is 1. The van der Waals surface area contributed by atoms with E-state index < -0.39 is 0 Å². The predicted molar refractivity (Wildman–Crippen MR) is 137 cm³/mol. The van der Waals surface area contributed by atoms with Crippen molar-refractivity contribution >= 4 is 29.9 Å². The fourth-order valence-corrected chi connectivity index (χ4v) is 3.37. The minimum absolute atomic E-state index is 0. The van der Waals surface area contributed by atoms with Gasteiger partial charge in [-0.1, -0.05) is 49.4 Å². The normalized spacial score (nSPS) is 12.0. The molecule has 3 aromatic rings. The Bertz CT molecular complexity index is 943. The Morgan fingerprint density at radius 3 is 2.52 bits per heavy atom. The zero-order valence-corrected chi connectivity index (χ0v) is 20.7. The molecule has 6 nitrogen and oxygen atoms in total. The summed E-state index contributed by atoms with van der Waals surface area (Å²) in [4.78, 5) is 4.82. The number of hydrogen-bond acceptors (Lipinski definition) is 3. The van der Waals surface area contributed by atoms with Crippen LogP contribution in [-0.4, -0.2) is 35.9 Å². The summed E-state index contributed by atoms with van der Waals surface area (Å²) in [6.07, 6.45) is 3.78. The number of aliphatic imine (C=N–C) groups is 1. The predicted octanol–water partition coefficient (Wildman–Crippen LogP) is 4.42. The molecule has 1 aromatic heterocycles. The van der Waals surface area contributed by atoms with Crippen molar-refractivity contribution in [3.05, 3.63) is 83.7 Å². The Morgan fingerprint density at radius 2 is 1.81 bits per heavy atom. The van der Waals surface area contributed by atoms with E-state index in [4.69, 9.17) is 9.73 Å². The highest BCUT2D eigenvalue weighted by atomic mass is 127. The second kappa shape index (κ2) is 13.0. The molecule has 0 spiro atoms. The molecule has 1 unspecified atom stereocenters. The number of guanidine groups is 1. The first-order valence-electron chi connectivity index (χ1n) is 10.4. The van der Waals surface area contributed by atoms with Crippen molar-refractivity contribution in [1.29, 1.82) is 0 Å². The van der Waals surface area contributed by atoms with Crippen LogP contribution in [0.1, 0.15) is 36.5 Å². The Morgan fingerprint density at radius 1 is 1.06 bits per heavy atom. The van der Waals surface area contributed by atoms with Gasteiger partial charge in [0.2, 0.25) is 0 Å². The molecule has 0 saturated carbocycles. The second-order valence-electron chi connectivity index (χ2n) is 7.19. The van der Waals surface area contributed by atoms with Gasteiger partial charge in [-0.2, -0.15) is 5.10 Å². The first-order valence-corrected chi connectivity index (χ1v) is 10.4. The standard InChI is InChI=1S/C24H31N5O.HI/c1-4-25-24(26-16-19(2)22-12-7-8-13-23(22)30-3)27-17-20-10-5-6-11-21(20)18-29-15-9-14-28-29;/h5-15,19H,4,16-18H2,1-3H3,(H2,25,26,27);1H. The summed E-state index contributed by atoms with van der Waals surface area (Å²) in [6, 6.07) is 18.5. The first-order chi connectivity index (χ1) is 14.7. The number of nitrogens with one attached hydrogen (secondary N) is 2. The number of methoxy groups -OCH3 is 1. The second-order valence-corrected chi connectivity index (χ2v) is 7.19. The van der Waals surface area contributed by atoms with Crippen molar-refractivity contribution in [2.75, 3.05) is 20.2 Å². The highest BCUT2D eigenvalue weighted by molar-refractivity contribution is 14.0. The van der Waals surface area contributed by atoms with E-state index in [1.165, 1.54) is 16.7 Å². The summed E-state index contributed by atoms with van der Waals surface area (Å²) in [5.74, 6) is 2.02. The smallest absolute Gasteiger partial charge is 0.191 e. The molecule has 0 amide bonds. The lowest BCUT2D eigenvalue weighted by molar-refractivity contribution is 0.406. The maximum atomic E-state index is 5.50. The first kappa shape index (κ1) is 24.7. The Labute approximate surface area is 202 Å². The van der Waals surface area contributed by atoms with Gasteiger partial charge in [-0.05, 0) is 35.7 Å². The van der Waals surface area contributed by atoms with Gasteiger partial charge in [0.1, 0.15) is 5.75 Å². The van der Waals surface area contributed by atoms with Crippen LogP contribution in [-0.2, 0) is 13.1 Å². The van der Waals surface area contributed by atoms with Crippen molar-refractivity contribution < 1.29 is 4.74 Å². The van der Waals surface area contributed by atoms with Gasteiger partial charge >= 0.3 is 0 Å². The topological polar surface area (TPSA) is 63.5 Å². The molecule has 0 radical (unpaired) electrons. The molecule has 2 N–H and O–H groups in total. The number of nitrogens with zero attached hydrogens (tertiary/aromatic N) is 3. The van der Waals surface area contributed by atoms with Crippen molar-refractivity contribution in [2.24, 2.45) is 4.99 Å². The summed E-state index contributed by atoms with van der Waals surface area (Å²) >= 11 is 0. The molecular weight excluding hydrogens is 501 g/mol. The van der Waals surface area contributed by atoms with Gasteiger partial charge in [-0.25, -0.2) is 4.99 Å². The lowest BCUT2D eigenvalue weighted by Crippen LogP contribution is -2.39. The molecule has 166 valence electrons. The third-order valence-corrected chi connectivity index (χ3v) is 5.01. The monoisotopic (exact) mass is 533 g/mol. The molecule has 0 aliphatic heterocycles. The Balaban J connectivity index is 0.00000341. The highest BCUT2D eigenvalue weighted by Crippen LogP contribution is 2.25. The third kappa shape index (κ3) is 7.27. The lowest BCUT2D eigenvalue weighted by Gasteiger charge is -2.18. The lowest BCUT2D eigenvalue weighted by atomic mass is 10.0. The van der Waals surface area contributed by atoms with E-state index in [-0.39, 0.29) is 29.9 Å². The van der Waals surface area contributed by atoms with Gasteiger partial charge in [0.15, 0.2) is 5.96 Å². The van der Waals surface area contributed by atoms with E-state index in [0.717, 1.165) is 31.3 Å². The molecule has 0 aliphatic carbocycles. The summed E-state index contributed by atoms with van der Waals surface area (Å²) in [5, 5.41) is 11.1. The van der Waals surface area contributed by atoms with Crippen LogP contribution < -0.4 is 15.4 Å². The molecule has 0 fully saturated rings. The van der Waals surface area contributed by atoms with Gasteiger partial charge in [0.05, 0.1) is 20.2 Å². The van der Waals surface area contributed by atoms with Gasteiger partial charge in [0.25, 0.3) is 0 Å². The minimum atomic E-state index is 0. The van der Waals surface area contributed by atoms with Crippen LogP contribution in [0, 0.1) is 0 Å². The molecule has 1 atom stereocenters. The number of para-hydroxylation sites is 1. The van der Waals surface area contributed by atoms with Crippen molar-refractivity contribution in [1.82, 2.24) is 20.4 Å². The van der Waals surface area contributed by atoms with Crippen LogP contribution in [0.2, 0.25) is 0 Å². The molecule has 0 bridgehead atoms. The van der Waals surface area contributed by atoms with Crippen molar-refractivity contribution in [2.45, 2.75) is 32.9 Å². The van der Waals surface area contributed by atoms with Crippen LogP contribution in [0.4, 0.5) is 0 Å². The minimum Gasteiger partial charge on any atom is -0.496 e. The molecule has 7 heteroatoms. The van der Waals surface area contributed by atoms with Gasteiger partial charge in [-0.3, -0.25) is 4.68 Å². The summed E-state index contributed by atoms with van der Waals surface area (Å²) in [7, 11) is 1.71. The van der Waals surface area contributed by atoms with Crippen LogP contribution in [0.3, 0.4) is 0 Å². The van der Waals surface area contributed by atoms with Crippen LogP contribution in [0.15, 0.2) is 72.0 Å². The summed E-state index contributed by atoms with van der Waals surface area (Å²) in [5.41, 5.74) is 3.61.